The highest BCUT2D eigenvalue weighted by molar-refractivity contribution is 7.12. The first kappa shape index (κ1) is 17.0. The smallest absolute Gasteiger partial charge is 0.262 e. The molecule has 1 saturated carbocycles. The van der Waals surface area contributed by atoms with Crippen molar-refractivity contribution in [3.05, 3.63) is 21.9 Å². The van der Waals surface area contributed by atoms with Gasteiger partial charge in [0.25, 0.3) is 5.91 Å². The van der Waals surface area contributed by atoms with Gasteiger partial charge in [0.1, 0.15) is 5.54 Å². The molecule has 22 heavy (non-hydrogen) atoms. The zero-order valence-electron chi connectivity index (χ0n) is 13.7. The second kappa shape index (κ2) is 7.27. The molecule has 1 aromatic rings. The number of thiophene rings is 1. The van der Waals surface area contributed by atoms with Gasteiger partial charge in [0.15, 0.2) is 0 Å². The number of rotatable bonds is 5. The van der Waals surface area contributed by atoms with Crippen molar-refractivity contribution in [2.75, 3.05) is 6.54 Å². The minimum atomic E-state index is -0.733. The zero-order chi connectivity index (χ0) is 16.2. The SMILES string of the molecule is CCNC(=O)C1(NC(=O)c2sccc2C(C)C)CCCCC1. The Hall–Kier alpha value is -1.36. The van der Waals surface area contributed by atoms with E-state index in [4.69, 9.17) is 0 Å². The molecule has 4 nitrogen and oxygen atoms in total. The van der Waals surface area contributed by atoms with Crippen molar-refractivity contribution in [3.63, 3.8) is 0 Å². The van der Waals surface area contributed by atoms with Crippen LogP contribution in [0.3, 0.4) is 0 Å². The van der Waals surface area contributed by atoms with E-state index in [-0.39, 0.29) is 11.8 Å². The summed E-state index contributed by atoms with van der Waals surface area (Å²) in [4.78, 5) is 26.0. The molecule has 2 rings (SSSR count). The number of carbonyl (C=O) groups excluding carboxylic acids is 2. The molecule has 0 radical (unpaired) electrons. The first-order chi connectivity index (χ1) is 10.5. The Morgan fingerprint density at radius 3 is 2.55 bits per heavy atom. The van der Waals surface area contributed by atoms with Crippen molar-refractivity contribution in [2.24, 2.45) is 0 Å². The van der Waals surface area contributed by atoms with Gasteiger partial charge in [0.05, 0.1) is 4.88 Å². The highest BCUT2D eigenvalue weighted by atomic mass is 32.1. The van der Waals surface area contributed by atoms with Crippen LogP contribution >= 0.6 is 11.3 Å². The molecule has 2 amide bonds. The lowest BCUT2D eigenvalue weighted by Crippen LogP contribution is -2.59. The summed E-state index contributed by atoms with van der Waals surface area (Å²) >= 11 is 1.45. The molecule has 0 spiro atoms. The Balaban J connectivity index is 2.21. The largest absolute Gasteiger partial charge is 0.354 e. The maximum Gasteiger partial charge on any atom is 0.262 e. The molecule has 5 heteroatoms. The van der Waals surface area contributed by atoms with Gasteiger partial charge >= 0.3 is 0 Å². The van der Waals surface area contributed by atoms with E-state index in [1.165, 1.54) is 11.3 Å². The fourth-order valence-corrected chi connectivity index (χ4v) is 4.07. The lowest BCUT2D eigenvalue weighted by molar-refractivity contribution is -0.128. The first-order valence-electron chi connectivity index (χ1n) is 8.18. The molecule has 1 aliphatic rings. The van der Waals surface area contributed by atoms with Crippen LogP contribution in [0.1, 0.15) is 74.0 Å². The third kappa shape index (κ3) is 3.51. The first-order valence-corrected chi connectivity index (χ1v) is 9.06. The molecule has 0 bridgehead atoms. The van der Waals surface area contributed by atoms with Crippen molar-refractivity contribution < 1.29 is 9.59 Å². The fourth-order valence-electron chi connectivity index (χ4n) is 3.13. The van der Waals surface area contributed by atoms with E-state index in [0.717, 1.165) is 42.5 Å². The van der Waals surface area contributed by atoms with Gasteiger partial charge in [-0.1, -0.05) is 33.1 Å². The highest BCUT2D eigenvalue weighted by Gasteiger charge is 2.41. The topological polar surface area (TPSA) is 58.2 Å². The van der Waals surface area contributed by atoms with Crippen molar-refractivity contribution in [1.82, 2.24) is 10.6 Å². The van der Waals surface area contributed by atoms with Crippen LogP contribution in [-0.2, 0) is 4.79 Å². The number of nitrogens with one attached hydrogen (secondary N) is 2. The van der Waals surface area contributed by atoms with E-state index in [1.807, 2.05) is 18.4 Å². The molecule has 0 saturated heterocycles. The van der Waals surface area contributed by atoms with Crippen LogP contribution in [0.25, 0.3) is 0 Å². The number of hydrogen-bond donors (Lipinski definition) is 2. The van der Waals surface area contributed by atoms with Crippen LogP contribution in [0.15, 0.2) is 11.4 Å². The van der Waals surface area contributed by atoms with E-state index >= 15 is 0 Å². The molecule has 1 aromatic heterocycles. The Morgan fingerprint density at radius 1 is 1.27 bits per heavy atom. The summed E-state index contributed by atoms with van der Waals surface area (Å²) in [6.07, 6.45) is 4.56. The highest BCUT2D eigenvalue weighted by Crippen LogP contribution is 2.31. The summed E-state index contributed by atoms with van der Waals surface area (Å²) in [5.74, 6) is 0.163. The minimum Gasteiger partial charge on any atom is -0.354 e. The molecule has 1 fully saturated rings. The second-order valence-electron chi connectivity index (χ2n) is 6.32. The predicted octanol–water partition coefficient (Wildman–Crippen LogP) is 3.44. The van der Waals surface area contributed by atoms with Crippen molar-refractivity contribution >= 4 is 23.2 Å². The molecule has 2 N–H and O–H groups in total. The molecule has 122 valence electrons. The minimum absolute atomic E-state index is 0.0364. The summed E-state index contributed by atoms with van der Waals surface area (Å²) in [7, 11) is 0. The normalized spacial score (nSPS) is 17.3. The van der Waals surface area contributed by atoms with Gasteiger partial charge in [-0.05, 0) is 42.7 Å². The van der Waals surface area contributed by atoms with E-state index in [9.17, 15) is 9.59 Å². The lowest BCUT2D eigenvalue weighted by Gasteiger charge is -2.36. The third-order valence-electron chi connectivity index (χ3n) is 4.36. The fraction of sp³-hybridized carbons (Fsp3) is 0.647. The molecule has 1 heterocycles. The van der Waals surface area contributed by atoms with Gasteiger partial charge in [-0.3, -0.25) is 9.59 Å². The van der Waals surface area contributed by atoms with Crippen molar-refractivity contribution in [1.29, 1.82) is 0 Å². The Labute approximate surface area is 136 Å². The number of carbonyl (C=O) groups is 2. The van der Waals surface area contributed by atoms with E-state index in [0.29, 0.717) is 12.5 Å². The number of amides is 2. The monoisotopic (exact) mass is 322 g/mol. The third-order valence-corrected chi connectivity index (χ3v) is 5.28. The van der Waals surface area contributed by atoms with Crippen LogP contribution in [0, 0.1) is 0 Å². The van der Waals surface area contributed by atoms with Gasteiger partial charge in [0, 0.05) is 6.54 Å². The van der Waals surface area contributed by atoms with Gasteiger partial charge in [-0.15, -0.1) is 11.3 Å². The van der Waals surface area contributed by atoms with Gasteiger partial charge in [-0.25, -0.2) is 0 Å². The summed E-state index contributed by atoms with van der Waals surface area (Å²) in [5.41, 5.74) is 0.327. The molecule has 0 atom stereocenters. The predicted molar refractivity (Wildman–Crippen MR) is 90.4 cm³/mol. The Kier molecular flexibility index (Phi) is 5.62. The Bertz CT molecular complexity index is 531. The summed E-state index contributed by atoms with van der Waals surface area (Å²) in [5, 5.41) is 7.92. The average Bonchev–Trinajstić information content (AvgIpc) is 2.98. The Morgan fingerprint density at radius 2 is 1.95 bits per heavy atom. The van der Waals surface area contributed by atoms with Crippen molar-refractivity contribution in [3.8, 4) is 0 Å². The number of likely N-dealkylation sites (N-methyl/N-ethyl adjacent to an activating group) is 1. The van der Waals surface area contributed by atoms with Crippen LogP contribution in [0.2, 0.25) is 0 Å². The molecule has 0 aromatic carbocycles. The maximum atomic E-state index is 12.7. The molecule has 1 aliphatic carbocycles. The van der Waals surface area contributed by atoms with E-state index in [2.05, 4.69) is 24.5 Å². The lowest BCUT2D eigenvalue weighted by atomic mass is 9.80. The van der Waals surface area contributed by atoms with E-state index in [1.54, 1.807) is 0 Å². The summed E-state index contributed by atoms with van der Waals surface area (Å²) < 4.78 is 0. The quantitative estimate of drug-likeness (QED) is 0.872. The van der Waals surface area contributed by atoms with Crippen LogP contribution < -0.4 is 10.6 Å². The van der Waals surface area contributed by atoms with E-state index < -0.39 is 5.54 Å². The van der Waals surface area contributed by atoms with Crippen molar-refractivity contribution in [2.45, 2.75) is 64.3 Å². The maximum absolute atomic E-state index is 12.7. The molecule has 0 unspecified atom stereocenters. The summed E-state index contributed by atoms with van der Waals surface area (Å²) in [6.45, 7) is 6.66. The van der Waals surface area contributed by atoms with Crippen LogP contribution in [0.5, 0.6) is 0 Å². The molecule has 0 aliphatic heterocycles. The van der Waals surface area contributed by atoms with Gasteiger partial charge in [-0.2, -0.15) is 0 Å². The zero-order valence-corrected chi connectivity index (χ0v) is 14.5. The molecular weight excluding hydrogens is 296 g/mol. The second-order valence-corrected chi connectivity index (χ2v) is 7.23. The standard InChI is InChI=1S/C17H26N2O2S/c1-4-18-16(21)17(9-6-5-7-10-17)19-15(20)14-13(12(2)3)8-11-22-14/h8,11-12H,4-7,9-10H2,1-3H3,(H,18,21)(H,19,20). The van der Waals surface area contributed by atoms with Crippen LogP contribution in [0.4, 0.5) is 0 Å². The van der Waals surface area contributed by atoms with Crippen LogP contribution in [-0.4, -0.2) is 23.9 Å². The van der Waals surface area contributed by atoms with Gasteiger partial charge in [0.2, 0.25) is 5.91 Å². The van der Waals surface area contributed by atoms with Gasteiger partial charge < -0.3 is 10.6 Å². The molecular formula is C17H26N2O2S. The average molecular weight is 322 g/mol. The summed E-state index contributed by atoms with van der Waals surface area (Å²) in [6, 6.07) is 2.00. The number of hydrogen-bond acceptors (Lipinski definition) is 3.